The smallest absolute Gasteiger partial charge is 0.224 e. The van der Waals surface area contributed by atoms with Crippen LogP contribution < -0.4 is 19.3 Å². The van der Waals surface area contributed by atoms with E-state index in [1.54, 1.807) is 7.11 Å². The van der Waals surface area contributed by atoms with E-state index in [1.165, 1.54) is 12.0 Å². The van der Waals surface area contributed by atoms with Crippen LogP contribution in [-0.2, 0) is 0 Å². The van der Waals surface area contributed by atoms with E-state index in [2.05, 4.69) is 31.9 Å². The molecule has 2 heterocycles. The molecule has 4 rings (SSSR count). The molecule has 1 aliphatic heterocycles. The molecule has 1 saturated heterocycles. The summed E-state index contributed by atoms with van der Waals surface area (Å²) < 4.78 is 11.2. The Hall–Kier alpha value is -2.99. The summed E-state index contributed by atoms with van der Waals surface area (Å²) in [4.78, 5) is 13.3. The largest absolute Gasteiger partial charge is 0.497 e. The van der Waals surface area contributed by atoms with Crippen molar-refractivity contribution in [2.75, 3.05) is 43.1 Å². The van der Waals surface area contributed by atoms with E-state index < -0.39 is 0 Å². The molecule has 2 aromatic carbocycles. The van der Waals surface area contributed by atoms with Crippen molar-refractivity contribution in [1.29, 1.82) is 0 Å². The van der Waals surface area contributed by atoms with Crippen LogP contribution in [0.1, 0.15) is 5.56 Å². The van der Waals surface area contributed by atoms with Gasteiger partial charge in [0.2, 0.25) is 5.88 Å². The number of benzene rings is 2. The second-order valence-electron chi connectivity index (χ2n) is 6.93. The second kappa shape index (κ2) is 8.57. The van der Waals surface area contributed by atoms with Gasteiger partial charge < -0.3 is 19.3 Å². The zero-order valence-electron chi connectivity index (χ0n) is 16.5. The van der Waals surface area contributed by atoms with E-state index in [4.69, 9.17) is 21.1 Å². The quantitative estimate of drug-likeness (QED) is 0.614. The minimum Gasteiger partial charge on any atom is -0.497 e. The average molecular weight is 411 g/mol. The average Bonchev–Trinajstić information content (AvgIpc) is 2.77. The predicted molar refractivity (Wildman–Crippen MR) is 116 cm³/mol. The highest BCUT2D eigenvalue weighted by atomic mass is 35.5. The van der Waals surface area contributed by atoms with E-state index >= 15 is 0 Å². The second-order valence-corrected chi connectivity index (χ2v) is 7.33. The molecule has 0 aliphatic carbocycles. The number of halogens is 1. The molecule has 3 aromatic rings. The fourth-order valence-electron chi connectivity index (χ4n) is 3.36. The summed E-state index contributed by atoms with van der Waals surface area (Å²) in [5.74, 6) is 2.80. The Labute approximate surface area is 175 Å². The molecule has 6 nitrogen and oxygen atoms in total. The molecule has 1 fully saturated rings. The number of aromatic nitrogens is 2. The van der Waals surface area contributed by atoms with Gasteiger partial charge in [0.25, 0.3) is 0 Å². The van der Waals surface area contributed by atoms with Crippen LogP contribution in [0.15, 0.2) is 54.9 Å². The summed E-state index contributed by atoms with van der Waals surface area (Å²) in [7, 11) is 1.69. The molecular weight excluding hydrogens is 388 g/mol. The lowest BCUT2D eigenvalue weighted by Crippen LogP contribution is -2.46. The monoisotopic (exact) mass is 410 g/mol. The SMILES string of the molecule is COc1cccc(N2CCN(c3cc(Oc4cc(C)ccc4Cl)ncn3)CC2)c1. The van der Waals surface area contributed by atoms with Gasteiger partial charge in [-0.3, -0.25) is 0 Å². The summed E-state index contributed by atoms with van der Waals surface area (Å²) in [5, 5.41) is 0.558. The normalized spacial score (nSPS) is 14.0. The van der Waals surface area contributed by atoms with Gasteiger partial charge in [-0.15, -0.1) is 0 Å². The van der Waals surface area contributed by atoms with Crippen molar-refractivity contribution in [2.45, 2.75) is 6.92 Å². The Morgan fingerprint density at radius 2 is 1.72 bits per heavy atom. The Kier molecular flexibility index (Phi) is 5.71. The molecule has 0 atom stereocenters. The number of ether oxygens (including phenoxy) is 2. The van der Waals surface area contributed by atoms with Crippen molar-refractivity contribution >= 4 is 23.1 Å². The molecule has 1 aliphatic rings. The molecule has 0 unspecified atom stereocenters. The first-order chi connectivity index (χ1) is 14.1. The van der Waals surface area contributed by atoms with Gasteiger partial charge in [-0.2, -0.15) is 0 Å². The lowest BCUT2D eigenvalue weighted by molar-refractivity contribution is 0.414. The van der Waals surface area contributed by atoms with Gasteiger partial charge in [-0.05, 0) is 36.8 Å². The highest BCUT2D eigenvalue weighted by Gasteiger charge is 2.19. The number of rotatable bonds is 5. The van der Waals surface area contributed by atoms with Crippen LogP contribution in [0.4, 0.5) is 11.5 Å². The van der Waals surface area contributed by atoms with E-state index in [9.17, 15) is 0 Å². The topological polar surface area (TPSA) is 50.7 Å². The van der Waals surface area contributed by atoms with Crippen molar-refractivity contribution in [3.63, 3.8) is 0 Å². The zero-order valence-corrected chi connectivity index (χ0v) is 17.3. The number of hydrogen-bond donors (Lipinski definition) is 0. The maximum atomic E-state index is 6.24. The third-order valence-corrected chi connectivity index (χ3v) is 5.26. The summed E-state index contributed by atoms with van der Waals surface area (Å²) in [6, 6.07) is 15.7. The molecule has 0 radical (unpaired) electrons. The van der Waals surface area contributed by atoms with Crippen LogP contribution in [0.3, 0.4) is 0 Å². The molecule has 1 aromatic heterocycles. The lowest BCUT2D eigenvalue weighted by Gasteiger charge is -2.36. The van der Waals surface area contributed by atoms with Crippen LogP contribution in [-0.4, -0.2) is 43.3 Å². The van der Waals surface area contributed by atoms with Gasteiger partial charge in [0, 0.05) is 44.0 Å². The number of methoxy groups -OCH3 is 1. The molecule has 29 heavy (non-hydrogen) atoms. The fourth-order valence-corrected chi connectivity index (χ4v) is 3.52. The van der Waals surface area contributed by atoms with Gasteiger partial charge in [0.1, 0.15) is 23.6 Å². The highest BCUT2D eigenvalue weighted by molar-refractivity contribution is 6.32. The third kappa shape index (κ3) is 4.54. The minimum atomic E-state index is 0.484. The van der Waals surface area contributed by atoms with E-state index in [0.29, 0.717) is 16.7 Å². The summed E-state index contributed by atoms with van der Waals surface area (Å²) >= 11 is 6.24. The molecule has 7 heteroatoms. The van der Waals surface area contributed by atoms with Gasteiger partial charge in [0.05, 0.1) is 12.1 Å². The highest BCUT2D eigenvalue weighted by Crippen LogP contribution is 2.30. The molecule has 150 valence electrons. The first-order valence-electron chi connectivity index (χ1n) is 9.52. The van der Waals surface area contributed by atoms with Gasteiger partial charge in [-0.25, -0.2) is 9.97 Å². The Morgan fingerprint density at radius 1 is 0.931 bits per heavy atom. The number of piperazine rings is 1. The third-order valence-electron chi connectivity index (χ3n) is 4.95. The first kappa shape index (κ1) is 19.3. The van der Waals surface area contributed by atoms with Crippen LogP contribution in [0.25, 0.3) is 0 Å². The zero-order chi connectivity index (χ0) is 20.2. The molecule has 0 spiro atoms. The van der Waals surface area contributed by atoms with Gasteiger partial charge >= 0.3 is 0 Å². The van der Waals surface area contributed by atoms with Crippen molar-refractivity contribution in [1.82, 2.24) is 9.97 Å². The van der Waals surface area contributed by atoms with Gasteiger partial charge in [0.15, 0.2) is 0 Å². The van der Waals surface area contributed by atoms with Crippen LogP contribution in [0.5, 0.6) is 17.4 Å². The molecule has 0 saturated carbocycles. The standard InChI is InChI=1S/C22H23ClN4O2/c1-16-6-7-19(23)20(12-16)29-22-14-21(24-15-25-22)27-10-8-26(9-11-27)17-4-3-5-18(13-17)28-2/h3-7,12-15H,8-11H2,1-2H3. The van der Waals surface area contributed by atoms with E-state index in [-0.39, 0.29) is 0 Å². The van der Waals surface area contributed by atoms with E-state index in [1.807, 2.05) is 43.3 Å². The minimum absolute atomic E-state index is 0.484. The van der Waals surface area contributed by atoms with Crippen molar-refractivity contribution in [3.8, 4) is 17.4 Å². The number of anilines is 2. The maximum Gasteiger partial charge on any atom is 0.224 e. The number of hydrogen-bond acceptors (Lipinski definition) is 6. The van der Waals surface area contributed by atoms with Gasteiger partial charge in [-0.1, -0.05) is 23.7 Å². The summed E-state index contributed by atoms with van der Waals surface area (Å²) in [6.45, 7) is 5.52. The Balaban J connectivity index is 1.43. The molecule has 0 bridgehead atoms. The summed E-state index contributed by atoms with van der Waals surface area (Å²) in [5.41, 5.74) is 2.25. The maximum absolute atomic E-state index is 6.24. The predicted octanol–water partition coefficient (Wildman–Crippen LogP) is 4.57. The summed E-state index contributed by atoms with van der Waals surface area (Å²) in [6.07, 6.45) is 1.53. The van der Waals surface area contributed by atoms with Crippen molar-refractivity contribution in [3.05, 3.63) is 65.4 Å². The Morgan fingerprint density at radius 3 is 2.52 bits per heavy atom. The molecular formula is C22H23ClN4O2. The number of aryl methyl sites for hydroxylation is 1. The van der Waals surface area contributed by atoms with E-state index in [0.717, 1.165) is 43.3 Å². The lowest BCUT2D eigenvalue weighted by atomic mass is 10.2. The first-order valence-corrected chi connectivity index (χ1v) is 9.90. The van der Waals surface area contributed by atoms with Crippen molar-refractivity contribution < 1.29 is 9.47 Å². The van der Waals surface area contributed by atoms with Crippen LogP contribution >= 0.6 is 11.6 Å². The Bertz CT molecular complexity index is 990. The van der Waals surface area contributed by atoms with Crippen LogP contribution in [0, 0.1) is 6.92 Å². The molecule has 0 N–H and O–H groups in total. The molecule has 0 amide bonds. The fraction of sp³-hybridized carbons (Fsp3) is 0.273. The van der Waals surface area contributed by atoms with Crippen LogP contribution in [0.2, 0.25) is 5.02 Å². The number of nitrogens with zero attached hydrogens (tertiary/aromatic N) is 4. The van der Waals surface area contributed by atoms with Crippen molar-refractivity contribution in [2.24, 2.45) is 0 Å².